The lowest BCUT2D eigenvalue weighted by Gasteiger charge is -2.10. The first-order valence-electron chi connectivity index (χ1n) is 5.66. The Morgan fingerprint density at radius 3 is 2.95 bits per heavy atom. The van der Waals surface area contributed by atoms with Crippen molar-refractivity contribution in [3.05, 3.63) is 52.7 Å². The highest BCUT2D eigenvalue weighted by Gasteiger charge is 2.04. The number of ether oxygens (including phenoxy) is 1. The number of rotatable bonds is 4. The lowest BCUT2D eigenvalue weighted by atomic mass is 10.2. The molecule has 2 aromatic rings. The number of nitrogens with zero attached hydrogens (tertiary/aromatic N) is 2. The fourth-order valence-corrected chi connectivity index (χ4v) is 1.88. The van der Waals surface area contributed by atoms with E-state index in [1.54, 1.807) is 25.4 Å². The summed E-state index contributed by atoms with van der Waals surface area (Å²) < 4.78 is 5.17. The van der Waals surface area contributed by atoms with Crippen molar-refractivity contribution in [3.8, 4) is 11.9 Å². The summed E-state index contributed by atoms with van der Waals surface area (Å²) >= 11 is 5.97. The quantitative estimate of drug-likeness (QED) is 0.929. The zero-order valence-electron chi connectivity index (χ0n) is 10.4. The van der Waals surface area contributed by atoms with Crippen LogP contribution >= 0.6 is 11.6 Å². The lowest BCUT2D eigenvalue weighted by molar-refractivity contribution is 0.393. The van der Waals surface area contributed by atoms with E-state index in [0.29, 0.717) is 23.0 Å². The van der Waals surface area contributed by atoms with Gasteiger partial charge in [0.15, 0.2) is 0 Å². The first kappa shape index (κ1) is 13.2. The zero-order chi connectivity index (χ0) is 13.7. The summed E-state index contributed by atoms with van der Waals surface area (Å²) in [5.41, 5.74) is 2.26. The average molecular weight is 274 g/mol. The molecule has 19 heavy (non-hydrogen) atoms. The lowest BCUT2D eigenvalue weighted by Crippen LogP contribution is -2.02. The second kappa shape index (κ2) is 6.07. The van der Waals surface area contributed by atoms with Gasteiger partial charge in [0.2, 0.25) is 5.88 Å². The van der Waals surface area contributed by atoms with E-state index >= 15 is 0 Å². The van der Waals surface area contributed by atoms with Gasteiger partial charge in [-0.05, 0) is 24.3 Å². The van der Waals surface area contributed by atoms with E-state index in [9.17, 15) is 0 Å². The standard InChI is InChI=1S/C14H12ClN3O/c1-19-14-11(3-2-6-17-14)9-18-12-5-4-10(8-16)13(15)7-12/h2-7,18H,9H2,1H3. The number of benzene rings is 1. The van der Waals surface area contributed by atoms with Crippen molar-refractivity contribution < 1.29 is 4.74 Å². The highest BCUT2D eigenvalue weighted by atomic mass is 35.5. The molecule has 0 radical (unpaired) electrons. The third-order valence-corrected chi connectivity index (χ3v) is 2.93. The first-order valence-corrected chi connectivity index (χ1v) is 6.04. The van der Waals surface area contributed by atoms with Crippen LogP contribution in [0, 0.1) is 11.3 Å². The van der Waals surface area contributed by atoms with E-state index < -0.39 is 0 Å². The van der Waals surface area contributed by atoms with Gasteiger partial charge in [0, 0.05) is 24.0 Å². The fraction of sp³-hybridized carbons (Fsp3) is 0.143. The first-order chi connectivity index (χ1) is 9.24. The van der Waals surface area contributed by atoms with Gasteiger partial charge in [0.05, 0.1) is 17.7 Å². The van der Waals surface area contributed by atoms with Gasteiger partial charge in [0.25, 0.3) is 0 Å². The number of anilines is 1. The summed E-state index contributed by atoms with van der Waals surface area (Å²) in [5, 5.41) is 12.5. The van der Waals surface area contributed by atoms with Crippen LogP contribution < -0.4 is 10.1 Å². The molecule has 96 valence electrons. The highest BCUT2D eigenvalue weighted by molar-refractivity contribution is 6.32. The Hall–Kier alpha value is -2.25. The molecular formula is C14H12ClN3O. The minimum atomic E-state index is 0.436. The number of pyridine rings is 1. The van der Waals surface area contributed by atoms with E-state index in [2.05, 4.69) is 10.3 Å². The van der Waals surface area contributed by atoms with Gasteiger partial charge < -0.3 is 10.1 Å². The van der Waals surface area contributed by atoms with E-state index in [1.165, 1.54) is 0 Å². The molecular weight excluding hydrogens is 262 g/mol. The molecule has 0 saturated heterocycles. The van der Waals surface area contributed by atoms with Gasteiger partial charge in [-0.15, -0.1) is 0 Å². The molecule has 0 aliphatic carbocycles. The summed E-state index contributed by atoms with van der Waals surface area (Å²) in [7, 11) is 1.59. The molecule has 0 fully saturated rings. The number of nitriles is 1. The van der Waals surface area contributed by atoms with Crippen molar-refractivity contribution in [1.82, 2.24) is 4.98 Å². The Bertz CT molecular complexity index is 622. The van der Waals surface area contributed by atoms with Gasteiger partial charge >= 0.3 is 0 Å². The van der Waals surface area contributed by atoms with Crippen molar-refractivity contribution in [2.45, 2.75) is 6.54 Å². The Balaban J connectivity index is 2.11. The van der Waals surface area contributed by atoms with E-state index in [4.69, 9.17) is 21.6 Å². The number of hydrogen-bond acceptors (Lipinski definition) is 4. The fourth-order valence-electron chi connectivity index (χ4n) is 1.66. The predicted molar refractivity (Wildman–Crippen MR) is 74.3 cm³/mol. The minimum absolute atomic E-state index is 0.436. The van der Waals surface area contributed by atoms with Crippen LogP contribution in [0.2, 0.25) is 5.02 Å². The van der Waals surface area contributed by atoms with Crippen molar-refractivity contribution in [2.24, 2.45) is 0 Å². The van der Waals surface area contributed by atoms with Gasteiger partial charge in [-0.1, -0.05) is 17.7 Å². The normalized spacial score (nSPS) is 9.74. The molecule has 1 aromatic heterocycles. The van der Waals surface area contributed by atoms with E-state index in [-0.39, 0.29) is 0 Å². The summed E-state index contributed by atoms with van der Waals surface area (Å²) in [6, 6.07) is 11.0. The van der Waals surface area contributed by atoms with Gasteiger partial charge in [-0.3, -0.25) is 0 Å². The second-order valence-electron chi connectivity index (χ2n) is 3.83. The maximum atomic E-state index is 8.81. The molecule has 0 saturated carbocycles. The molecule has 2 rings (SSSR count). The zero-order valence-corrected chi connectivity index (χ0v) is 11.1. The van der Waals surface area contributed by atoms with Crippen LogP contribution in [0.25, 0.3) is 0 Å². The monoisotopic (exact) mass is 273 g/mol. The van der Waals surface area contributed by atoms with Crippen molar-refractivity contribution >= 4 is 17.3 Å². The Labute approximate surface area is 116 Å². The van der Waals surface area contributed by atoms with Crippen LogP contribution in [0.1, 0.15) is 11.1 Å². The van der Waals surface area contributed by atoms with Crippen LogP contribution in [0.15, 0.2) is 36.5 Å². The van der Waals surface area contributed by atoms with Gasteiger partial charge in [0.1, 0.15) is 6.07 Å². The second-order valence-corrected chi connectivity index (χ2v) is 4.24. The molecule has 1 N–H and O–H groups in total. The summed E-state index contributed by atoms with van der Waals surface area (Å²) in [6.07, 6.45) is 1.68. The van der Waals surface area contributed by atoms with Crippen LogP contribution in [-0.2, 0) is 6.54 Å². The van der Waals surface area contributed by atoms with Gasteiger partial charge in [-0.25, -0.2) is 4.98 Å². The number of nitrogens with one attached hydrogen (secondary N) is 1. The minimum Gasteiger partial charge on any atom is -0.481 e. The van der Waals surface area contributed by atoms with Crippen LogP contribution in [0.4, 0.5) is 5.69 Å². The molecule has 1 heterocycles. The molecule has 4 nitrogen and oxygen atoms in total. The van der Waals surface area contributed by atoms with Crippen molar-refractivity contribution in [3.63, 3.8) is 0 Å². The molecule has 0 atom stereocenters. The predicted octanol–water partition coefficient (Wildman–Crippen LogP) is 3.23. The van der Waals surface area contributed by atoms with Crippen molar-refractivity contribution in [2.75, 3.05) is 12.4 Å². The smallest absolute Gasteiger partial charge is 0.218 e. The SMILES string of the molecule is COc1ncccc1CNc1ccc(C#N)c(Cl)c1. The summed E-state index contributed by atoms with van der Waals surface area (Å²) in [4.78, 5) is 4.12. The van der Waals surface area contributed by atoms with Crippen LogP contribution in [-0.4, -0.2) is 12.1 Å². The van der Waals surface area contributed by atoms with E-state index in [1.807, 2.05) is 24.3 Å². The Morgan fingerprint density at radius 2 is 2.26 bits per heavy atom. The largest absolute Gasteiger partial charge is 0.481 e. The Morgan fingerprint density at radius 1 is 1.42 bits per heavy atom. The highest BCUT2D eigenvalue weighted by Crippen LogP contribution is 2.21. The van der Waals surface area contributed by atoms with E-state index in [0.717, 1.165) is 11.3 Å². The third kappa shape index (κ3) is 3.15. The Kier molecular flexibility index (Phi) is 4.22. The summed E-state index contributed by atoms with van der Waals surface area (Å²) in [6.45, 7) is 0.569. The number of aromatic nitrogens is 1. The van der Waals surface area contributed by atoms with Crippen LogP contribution in [0.3, 0.4) is 0 Å². The molecule has 0 amide bonds. The topological polar surface area (TPSA) is 57.9 Å². The number of hydrogen-bond donors (Lipinski definition) is 1. The summed E-state index contributed by atoms with van der Waals surface area (Å²) in [5.74, 6) is 0.592. The van der Waals surface area contributed by atoms with Crippen LogP contribution in [0.5, 0.6) is 5.88 Å². The molecule has 0 aliphatic rings. The maximum Gasteiger partial charge on any atom is 0.218 e. The molecule has 1 aromatic carbocycles. The average Bonchev–Trinajstić information content (AvgIpc) is 2.45. The molecule has 5 heteroatoms. The number of halogens is 1. The number of methoxy groups -OCH3 is 1. The van der Waals surface area contributed by atoms with Gasteiger partial charge in [-0.2, -0.15) is 5.26 Å². The van der Waals surface area contributed by atoms with Crippen molar-refractivity contribution in [1.29, 1.82) is 5.26 Å². The maximum absolute atomic E-state index is 8.81. The molecule has 0 bridgehead atoms. The molecule has 0 unspecified atom stereocenters. The molecule has 0 aliphatic heterocycles. The molecule has 0 spiro atoms. The third-order valence-electron chi connectivity index (χ3n) is 2.62.